The molecule has 0 saturated carbocycles. The van der Waals surface area contributed by atoms with E-state index in [1.165, 1.54) is 36.6 Å². The van der Waals surface area contributed by atoms with Crippen LogP contribution in [0, 0.1) is 19.7 Å². The minimum absolute atomic E-state index is 0.0165. The van der Waals surface area contributed by atoms with Crippen molar-refractivity contribution < 1.29 is 21.9 Å². The molecule has 5 aromatic rings. The third kappa shape index (κ3) is 5.35. The molecule has 11 heteroatoms. The number of alkyl halides is 1. The largest absolute Gasteiger partial charge is 0.492 e. The number of sulfonamides is 1. The van der Waals surface area contributed by atoms with Crippen molar-refractivity contribution in [1.29, 1.82) is 0 Å². The number of ether oxygens (including phenoxy) is 1. The van der Waals surface area contributed by atoms with Crippen LogP contribution in [0.4, 0.5) is 8.78 Å². The fourth-order valence-electron chi connectivity index (χ4n) is 4.04. The number of benzene rings is 3. The summed E-state index contributed by atoms with van der Waals surface area (Å²) >= 11 is 1.48. The second-order valence-electron chi connectivity index (χ2n) is 8.90. The SMILES string of the molecule is Cc1cc(-c2nc3c(C)cc(OCCNS(=O)(=O)c4ccc(F)cc4)cc3s2)c2ncc(C(C)F)nc2c1. The van der Waals surface area contributed by atoms with Crippen LogP contribution in [-0.4, -0.2) is 36.5 Å². The molecule has 1 N–H and O–H groups in total. The van der Waals surface area contributed by atoms with E-state index in [0.29, 0.717) is 16.8 Å². The maximum Gasteiger partial charge on any atom is 0.240 e. The summed E-state index contributed by atoms with van der Waals surface area (Å²) in [4.78, 5) is 13.8. The van der Waals surface area contributed by atoms with Crippen LogP contribution in [0.15, 0.2) is 59.6 Å². The van der Waals surface area contributed by atoms with Crippen LogP contribution >= 0.6 is 11.3 Å². The van der Waals surface area contributed by atoms with Crippen molar-refractivity contribution in [3.63, 3.8) is 0 Å². The van der Waals surface area contributed by atoms with Gasteiger partial charge in [-0.25, -0.2) is 31.9 Å². The molecule has 2 heterocycles. The number of halogens is 2. The fourth-order valence-corrected chi connectivity index (χ4v) is 6.14. The number of fused-ring (bicyclic) bond motifs is 2. The minimum atomic E-state index is -3.77. The molecule has 3 aromatic carbocycles. The normalized spacial score (nSPS) is 12.8. The predicted molar refractivity (Wildman–Crippen MR) is 144 cm³/mol. The van der Waals surface area contributed by atoms with Gasteiger partial charge in [-0.15, -0.1) is 11.3 Å². The Bertz CT molecular complexity index is 1750. The quantitative estimate of drug-likeness (QED) is 0.235. The van der Waals surface area contributed by atoms with Gasteiger partial charge in [-0.05, 0) is 80.4 Å². The third-order valence-corrected chi connectivity index (χ3v) is 8.41. The van der Waals surface area contributed by atoms with E-state index in [9.17, 15) is 17.2 Å². The van der Waals surface area contributed by atoms with E-state index >= 15 is 0 Å². The summed E-state index contributed by atoms with van der Waals surface area (Å²) in [6.45, 7) is 5.45. The van der Waals surface area contributed by atoms with Gasteiger partial charge in [-0.2, -0.15) is 0 Å². The standard InChI is InChI=1S/C27H24F2N4O3S2/c1-15-10-21(26-22(11-15)32-23(14-30-26)17(3)28)27-33-25-16(2)12-19(13-24(25)37-27)36-9-8-31-38(34,35)20-6-4-18(29)5-7-20/h4-7,10-14,17,31H,8-9H2,1-3H3. The lowest BCUT2D eigenvalue weighted by molar-refractivity contribution is 0.323. The summed E-state index contributed by atoms with van der Waals surface area (Å²) in [5, 5.41) is 0.761. The smallest absolute Gasteiger partial charge is 0.240 e. The van der Waals surface area contributed by atoms with Crippen molar-refractivity contribution in [2.45, 2.75) is 31.8 Å². The summed E-state index contributed by atoms with van der Waals surface area (Å²) in [5.41, 5.74) is 5.08. The summed E-state index contributed by atoms with van der Waals surface area (Å²) in [6.07, 6.45) is 0.248. The Hall–Kier alpha value is -3.54. The number of hydrogen-bond acceptors (Lipinski definition) is 7. The number of thiazole rings is 1. The molecule has 0 saturated heterocycles. The van der Waals surface area contributed by atoms with Gasteiger partial charge in [0.05, 0.1) is 38.0 Å². The monoisotopic (exact) mass is 554 g/mol. The third-order valence-electron chi connectivity index (χ3n) is 5.89. The lowest BCUT2D eigenvalue weighted by Gasteiger charge is -2.09. The molecular formula is C27H24F2N4O3S2. The average Bonchev–Trinajstić information content (AvgIpc) is 3.31. The maximum atomic E-state index is 13.8. The first-order valence-electron chi connectivity index (χ1n) is 11.8. The van der Waals surface area contributed by atoms with E-state index in [1.807, 2.05) is 38.1 Å². The molecule has 0 aliphatic carbocycles. The number of aromatic nitrogens is 3. The molecule has 7 nitrogen and oxygen atoms in total. The predicted octanol–water partition coefficient (Wildman–Crippen LogP) is 6.05. The number of nitrogens with zero attached hydrogens (tertiary/aromatic N) is 3. The van der Waals surface area contributed by atoms with E-state index in [0.717, 1.165) is 44.0 Å². The molecule has 0 amide bonds. The number of nitrogens with one attached hydrogen (secondary N) is 1. The van der Waals surface area contributed by atoms with Crippen molar-refractivity contribution in [2.75, 3.05) is 13.2 Å². The van der Waals surface area contributed by atoms with Crippen molar-refractivity contribution >= 4 is 42.6 Å². The molecule has 0 spiro atoms. The van der Waals surface area contributed by atoms with Crippen LogP contribution in [-0.2, 0) is 10.0 Å². The highest BCUT2D eigenvalue weighted by Crippen LogP contribution is 2.37. The Kier molecular flexibility index (Phi) is 7.08. The zero-order valence-electron chi connectivity index (χ0n) is 20.8. The van der Waals surface area contributed by atoms with Crippen LogP contribution in [0.5, 0.6) is 5.75 Å². The Morgan fingerprint density at radius 3 is 2.55 bits per heavy atom. The lowest BCUT2D eigenvalue weighted by Crippen LogP contribution is -2.28. The lowest BCUT2D eigenvalue weighted by atomic mass is 10.1. The zero-order chi connectivity index (χ0) is 27.0. The van der Waals surface area contributed by atoms with Crippen molar-refractivity contribution in [1.82, 2.24) is 19.7 Å². The van der Waals surface area contributed by atoms with Gasteiger partial charge < -0.3 is 4.74 Å². The van der Waals surface area contributed by atoms with Gasteiger partial charge in [0, 0.05) is 12.1 Å². The first-order valence-corrected chi connectivity index (χ1v) is 14.1. The van der Waals surface area contributed by atoms with Crippen molar-refractivity contribution in [2.24, 2.45) is 0 Å². The topological polar surface area (TPSA) is 94.1 Å². The van der Waals surface area contributed by atoms with Crippen LogP contribution < -0.4 is 9.46 Å². The molecular weight excluding hydrogens is 530 g/mol. The molecule has 0 fully saturated rings. The summed E-state index contributed by atoms with van der Waals surface area (Å²) < 4.78 is 60.8. The van der Waals surface area contributed by atoms with Gasteiger partial charge in [0.1, 0.15) is 29.4 Å². The van der Waals surface area contributed by atoms with Gasteiger partial charge in [-0.1, -0.05) is 0 Å². The first kappa shape index (κ1) is 26.1. The molecule has 0 aliphatic heterocycles. The number of hydrogen-bond donors (Lipinski definition) is 1. The zero-order valence-corrected chi connectivity index (χ0v) is 22.5. The Morgan fingerprint density at radius 1 is 1.05 bits per heavy atom. The van der Waals surface area contributed by atoms with E-state index in [2.05, 4.69) is 14.7 Å². The highest BCUT2D eigenvalue weighted by molar-refractivity contribution is 7.89. The number of rotatable bonds is 8. The van der Waals surface area contributed by atoms with Crippen LogP contribution in [0.25, 0.3) is 31.8 Å². The molecule has 1 atom stereocenters. The summed E-state index contributed by atoms with van der Waals surface area (Å²) in [7, 11) is -3.77. The minimum Gasteiger partial charge on any atom is -0.492 e. The molecule has 0 bridgehead atoms. The molecule has 196 valence electrons. The fraction of sp³-hybridized carbons (Fsp3) is 0.222. The van der Waals surface area contributed by atoms with Crippen molar-refractivity contribution in [3.8, 4) is 16.3 Å². The van der Waals surface area contributed by atoms with E-state index in [1.54, 1.807) is 0 Å². The van der Waals surface area contributed by atoms with Gasteiger partial charge in [0.2, 0.25) is 10.0 Å². The van der Waals surface area contributed by atoms with Crippen LogP contribution in [0.2, 0.25) is 0 Å². The second-order valence-corrected chi connectivity index (χ2v) is 11.7. The molecule has 38 heavy (non-hydrogen) atoms. The summed E-state index contributed by atoms with van der Waals surface area (Å²) in [5.74, 6) is 0.0787. The number of aryl methyl sites for hydroxylation is 2. The maximum absolute atomic E-state index is 13.8. The van der Waals surface area contributed by atoms with Crippen LogP contribution in [0.3, 0.4) is 0 Å². The molecule has 5 rings (SSSR count). The molecule has 0 radical (unpaired) electrons. The molecule has 0 aliphatic rings. The van der Waals surface area contributed by atoms with E-state index < -0.39 is 22.0 Å². The summed E-state index contributed by atoms with van der Waals surface area (Å²) in [6, 6.07) is 12.2. The molecule has 1 unspecified atom stereocenters. The Balaban J connectivity index is 1.36. The first-order chi connectivity index (χ1) is 18.1. The van der Waals surface area contributed by atoms with Crippen molar-refractivity contribution in [3.05, 3.63) is 77.4 Å². The van der Waals surface area contributed by atoms with Crippen LogP contribution in [0.1, 0.15) is 29.9 Å². The van der Waals surface area contributed by atoms with Gasteiger partial charge in [0.25, 0.3) is 0 Å². The Labute approximate surface area is 222 Å². The highest BCUT2D eigenvalue weighted by Gasteiger charge is 2.17. The van der Waals surface area contributed by atoms with E-state index in [4.69, 9.17) is 9.72 Å². The van der Waals surface area contributed by atoms with Gasteiger partial charge >= 0.3 is 0 Å². The molecule has 2 aromatic heterocycles. The highest BCUT2D eigenvalue weighted by atomic mass is 32.2. The van der Waals surface area contributed by atoms with Gasteiger partial charge in [0.15, 0.2) is 0 Å². The Morgan fingerprint density at radius 2 is 1.82 bits per heavy atom. The second kappa shape index (κ2) is 10.3. The van der Waals surface area contributed by atoms with E-state index in [-0.39, 0.29) is 23.7 Å². The average molecular weight is 555 g/mol. The van der Waals surface area contributed by atoms with Gasteiger partial charge in [-0.3, -0.25) is 4.98 Å².